The van der Waals surface area contributed by atoms with Crippen LogP contribution in [-0.2, 0) is 57.1 Å². The molecule has 5 fully saturated rings. The topological polar surface area (TPSA) is 271 Å². The lowest BCUT2D eigenvalue weighted by Gasteiger charge is -2.67. The van der Waals surface area contributed by atoms with Crippen molar-refractivity contribution in [1.82, 2.24) is 0 Å². The average molecular weight is 769 g/mol. The van der Waals surface area contributed by atoms with Crippen LogP contribution >= 0.6 is 0 Å². The predicted molar refractivity (Wildman–Crippen MR) is 175 cm³/mol. The summed E-state index contributed by atoms with van der Waals surface area (Å²) in [6.07, 6.45) is -13.1. The smallest absolute Gasteiger partial charge is 0.348 e. The molecule has 0 amide bonds. The minimum atomic E-state index is -2.47. The van der Waals surface area contributed by atoms with Gasteiger partial charge in [-0.1, -0.05) is 13.8 Å². The Bertz CT molecular complexity index is 1650. The van der Waals surface area contributed by atoms with E-state index in [1.54, 1.807) is 6.92 Å². The molecule has 1 spiro atoms. The fourth-order valence-electron chi connectivity index (χ4n) is 10.2. The van der Waals surface area contributed by atoms with Crippen molar-refractivity contribution in [3.05, 3.63) is 23.5 Å². The summed E-state index contributed by atoms with van der Waals surface area (Å²) in [5, 5.41) is 65.1. The molecule has 2 saturated carbocycles. The second-order valence-electron chi connectivity index (χ2n) is 16.0. The number of ether oxygens (including phenoxy) is 7. The number of aliphatic hydroxyl groups excluding tert-OH is 6. The Morgan fingerprint density at radius 1 is 1.02 bits per heavy atom. The fraction of sp³-hybridized carbons (Fsp3) is 0.750. The zero-order chi connectivity index (χ0) is 40.0. The number of Topliss-reactive ketones (excluding diaryl/α,β-unsaturated/α-hetero) is 1. The second-order valence-corrected chi connectivity index (χ2v) is 16.0. The minimum absolute atomic E-state index is 0.00828. The van der Waals surface area contributed by atoms with Crippen molar-refractivity contribution in [3.63, 3.8) is 0 Å². The maximum absolute atomic E-state index is 14.8. The van der Waals surface area contributed by atoms with E-state index >= 15 is 0 Å². The normalized spacial score (nSPS) is 45.6. The van der Waals surface area contributed by atoms with E-state index < -0.39 is 144 Å². The van der Waals surface area contributed by atoms with Crippen LogP contribution in [0, 0.1) is 34.5 Å². The largest absolute Gasteiger partial charge is 0.467 e. The Balaban J connectivity index is 1.43. The molecular formula is C36H48O18. The van der Waals surface area contributed by atoms with E-state index in [1.807, 2.05) is 0 Å². The van der Waals surface area contributed by atoms with E-state index in [0.717, 1.165) is 13.2 Å². The molecule has 0 radical (unpaired) electrons. The van der Waals surface area contributed by atoms with Crippen molar-refractivity contribution >= 4 is 29.7 Å². The third-order valence-electron chi connectivity index (χ3n) is 12.8. The van der Waals surface area contributed by atoms with E-state index in [1.165, 1.54) is 40.7 Å². The van der Waals surface area contributed by atoms with Crippen LogP contribution in [0.5, 0.6) is 0 Å². The van der Waals surface area contributed by atoms with Crippen LogP contribution < -0.4 is 0 Å². The van der Waals surface area contributed by atoms with Crippen LogP contribution in [0.25, 0.3) is 0 Å². The van der Waals surface area contributed by atoms with Crippen molar-refractivity contribution in [2.75, 3.05) is 20.3 Å². The van der Waals surface area contributed by atoms with Gasteiger partial charge in [-0.2, -0.15) is 0 Å². The molecular weight excluding hydrogens is 720 g/mol. The molecule has 2 bridgehead atoms. The molecule has 0 aromatic rings. The highest BCUT2D eigenvalue weighted by atomic mass is 16.7. The third-order valence-corrected chi connectivity index (χ3v) is 12.8. The van der Waals surface area contributed by atoms with Gasteiger partial charge in [0.05, 0.1) is 32.3 Å². The molecule has 0 aromatic carbocycles. The Hall–Kier alpha value is -3.49. The molecule has 18 nitrogen and oxygen atoms in total. The number of rotatable bonds is 8. The second kappa shape index (κ2) is 13.6. The Morgan fingerprint density at radius 3 is 2.30 bits per heavy atom. The Kier molecular flexibility index (Phi) is 10.1. The highest BCUT2D eigenvalue weighted by Crippen LogP contribution is 2.72. The van der Waals surface area contributed by atoms with Gasteiger partial charge in [-0.3, -0.25) is 9.59 Å². The number of ketones is 1. The number of hydrogen-bond donors (Lipinski definition) is 6. The Labute approximate surface area is 309 Å². The monoisotopic (exact) mass is 768 g/mol. The molecule has 18 heteroatoms. The first-order valence-corrected chi connectivity index (χ1v) is 17.8. The minimum Gasteiger partial charge on any atom is -0.467 e. The van der Waals surface area contributed by atoms with Crippen molar-refractivity contribution in [3.8, 4) is 0 Å². The third kappa shape index (κ3) is 5.55. The highest BCUT2D eigenvalue weighted by molar-refractivity contribution is 6.00. The number of esters is 4. The molecule has 3 heterocycles. The Morgan fingerprint density at radius 2 is 1.69 bits per heavy atom. The quantitative estimate of drug-likeness (QED) is 0.0881. The number of carbonyl (C=O) groups is 5. The average Bonchev–Trinajstić information content (AvgIpc) is 3.41. The van der Waals surface area contributed by atoms with Gasteiger partial charge in [0.1, 0.15) is 42.2 Å². The van der Waals surface area contributed by atoms with Gasteiger partial charge in [0, 0.05) is 29.7 Å². The van der Waals surface area contributed by atoms with E-state index in [4.69, 9.17) is 33.2 Å². The molecule has 6 rings (SSSR count). The molecule has 6 aliphatic rings. The van der Waals surface area contributed by atoms with Gasteiger partial charge in [0.25, 0.3) is 0 Å². The first-order valence-electron chi connectivity index (χ1n) is 17.8. The molecule has 54 heavy (non-hydrogen) atoms. The van der Waals surface area contributed by atoms with Gasteiger partial charge in [-0.25, -0.2) is 14.4 Å². The summed E-state index contributed by atoms with van der Waals surface area (Å²) >= 11 is 0. The van der Waals surface area contributed by atoms with Crippen molar-refractivity contribution in [2.45, 2.75) is 114 Å². The van der Waals surface area contributed by atoms with E-state index in [0.29, 0.717) is 0 Å². The SMILES string of the molecule is COC(=O)C12OCC34C(CC5C(C)C=C(OC6OC(CO)C(O)C(O)C6O)C(=O)C5(C)C3C(O)C1O)OC(=O)C(OC(=O)/C=C(\C)C(C)(C)OC(C)=O)C24. The maximum Gasteiger partial charge on any atom is 0.348 e. The maximum atomic E-state index is 14.8. The van der Waals surface area contributed by atoms with E-state index in [-0.39, 0.29) is 17.8 Å². The summed E-state index contributed by atoms with van der Waals surface area (Å²) in [5.74, 6) is -9.23. The van der Waals surface area contributed by atoms with Crippen molar-refractivity contribution in [1.29, 1.82) is 0 Å². The van der Waals surface area contributed by atoms with Crippen LogP contribution in [0.4, 0.5) is 0 Å². The lowest BCUT2D eigenvalue weighted by Crippen LogP contribution is -2.80. The van der Waals surface area contributed by atoms with Crippen LogP contribution in [0.2, 0.25) is 0 Å². The zero-order valence-electron chi connectivity index (χ0n) is 30.9. The van der Waals surface area contributed by atoms with Crippen LogP contribution in [0.1, 0.15) is 48.0 Å². The zero-order valence-corrected chi connectivity index (χ0v) is 30.9. The van der Waals surface area contributed by atoms with Crippen LogP contribution in [0.15, 0.2) is 23.5 Å². The van der Waals surface area contributed by atoms with E-state index in [2.05, 4.69) is 0 Å². The fourth-order valence-corrected chi connectivity index (χ4v) is 10.2. The molecule has 3 aliphatic carbocycles. The number of methoxy groups -OCH3 is 1. The highest BCUT2D eigenvalue weighted by Gasteiger charge is 2.86. The van der Waals surface area contributed by atoms with Crippen LogP contribution in [-0.4, -0.2) is 147 Å². The lowest BCUT2D eigenvalue weighted by molar-refractivity contribution is -0.297. The standard InChI is InChI=1S/C36H48O18/c1-13-8-17(50-31-23(42)22(41)21(40)18(11-37)51-31)28(44)34(6)16(13)10-19-35-12-49-36(32(47)48-7,29(45)24(43)26(34)35)27(35)25(30(46)52-19)53-20(39)9-14(2)33(4,5)54-15(3)38/h8-9,13,16,18-19,21-27,29,31,37,40-43,45H,10-12H2,1-7H3/b14-9+. The van der Waals surface area contributed by atoms with Gasteiger partial charge in [0.15, 0.2) is 5.76 Å². The molecule has 0 aromatic heterocycles. The van der Waals surface area contributed by atoms with Gasteiger partial charge >= 0.3 is 23.9 Å². The van der Waals surface area contributed by atoms with Gasteiger partial charge < -0.3 is 63.8 Å². The summed E-state index contributed by atoms with van der Waals surface area (Å²) in [6, 6.07) is 0. The molecule has 16 unspecified atom stereocenters. The number of aliphatic hydroxyl groups is 6. The van der Waals surface area contributed by atoms with Crippen molar-refractivity contribution in [2.24, 2.45) is 34.5 Å². The first kappa shape index (κ1) is 40.2. The van der Waals surface area contributed by atoms with Crippen molar-refractivity contribution < 1.29 is 87.8 Å². The molecule has 3 saturated heterocycles. The van der Waals surface area contributed by atoms with Gasteiger partial charge in [0.2, 0.25) is 23.8 Å². The van der Waals surface area contributed by atoms with Gasteiger partial charge in [-0.05, 0) is 50.7 Å². The molecule has 3 aliphatic heterocycles. The number of carbonyl (C=O) groups excluding carboxylic acids is 5. The molecule has 300 valence electrons. The number of allylic oxidation sites excluding steroid dienone is 2. The number of fused-ring (bicyclic) bond motifs is 2. The predicted octanol–water partition coefficient (Wildman–Crippen LogP) is -2.05. The first-order chi connectivity index (χ1) is 25.1. The number of hydrogen-bond acceptors (Lipinski definition) is 18. The van der Waals surface area contributed by atoms with Gasteiger partial charge in [-0.15, -0.1) is 0 Å². The van der Waals surface area contributed by atoms with Crippen LogP contribution in [0.3, 0.4) is 0 Å². The lowest BCUT2D eigenvalue weighted by atomic mass is 9.37. The summed E-state index contributed by atoms with van der Waals surface area (Å²) in [5.41, 5.74) is -6.85. The van der Waals surface area contributed by atoms with E-state index in [9.17, 15) is 54.6 Å². The summed E-state index contributed by atoms with van der Waals surface area (Å²) in [4.78, 5) is 67.7. The summed E-state index contributed by atoms with van der Waals surface area (Å²) in [6.45, 7) is 7.80. The summed E-state index contributed by atoms with van der Waals surface area (Å²) in [7, 11) is 1.01. The molecule has 6 N–H and O–H groups in total. The molecule has 16 atom stereocenters. The summed E-state index contributed by atoms with van der Waals surface area (Å²) < 4.78 is 39.6.